The number of hydrogen-bond acceptors (Lipinski definition) is 3. The van der Waals surface area contributed by atoms with Gasteiger partial charge in [0.1, 0.15) is 5.75 Å². The first-order chi connectivity index (χ1) is 9.29. The molecule has 1 atom stereocenters. The summed E-state index contributed by atoms with van der Waals surface area (Å²) in [7, 11) is 0. The van der Waals surface area contributed by atoms with Crippen molar-refractivity contribution in [2.45, 2.75) is 38.6 Å². The van der Waals surface area contributed by atoms with Gasteiger partial charge in [0.2, 0.25) is 0 Å². The van der Waals surface area contributed by atoms with Crippen molar-refractivity contribution in [3.63, 3.8) is 0 Å². The highest BCUT2D eigenvalue weighted by Gasteiger charge is 2.10. The predicted octanol–water partition coefficient (Wildman–Crippen LogP) is 2.96. The maximum atomic E-state index is 5.99. The first-order valence-electron chi connectivity index (χ1n) is 7.50. The third kappa shape index (κ3) is 4.51. The van der Waals surface area contributed by atoms with Gasteiger partial charge < -0.3 is 15.4 Å². The lowest BCUT2D eigenvalue weighted by Crippen LogP contribution is -2.21. The van der Waals surface area contributed by atoms with Crippen molar-refractivity contribution in [1.82, 2.24) is 4.90 Å². The Morgan fingerprint density at radius 3 is 2.53 bits per heavy atom. The summed E-state index contributed by atoms with van der Waals surface area (Å²) < 4.78 is 5.77. The van der Waals surface area contributed by atoms with Gasteiger partial charge in [-0.2, -0.15) is 0 Å². The standard InChI is InChI=1S/C16H26N2O/c1-2-16(17)14-6-8-15(9-7-14)19-13-5-12-18-10-3-4-11-18/h6-9,16H,2-5,10-13,17H2,1H3/t16-/m0/s1. The predicted molar refractivity (Wildman–Crippen MR) is 79.4 cm³/mol. The van der Waals surface area contributed by atoms with E-state index in [1.807, 2.05) is 12.1 Å². The molecule has 1 heterocycles. The second-order valence-electron chi connectivity index (χ2n) is 5.33. The number of rotatable bonds is 7. The van der Waals surface area contributed by atoms with Crippen LogP contribution < -0.4 is 10.5 Å². The average molecular weight is 262 g/mol. The number of ether oxygens (including phenoxy) is 1. The molecule has 0 saturated carbocycles. The van der Waals surface area contributed by atoms with Crippen LogP contribution in [0.3, 0.4) is 0 Å². The second-order valence-corrected chi connectivity index (χ2v) is 5.33. The number of likely N-dealkylation sites (tertiary alicyclic amines) is 1. The van der Waals surface area contributed by atoms with E-state index in [4.69, 9.17) is 10.5 Å². The summed E-state index contributed by atoms with van der Waals surface area (Å²) >= 11 is 0. The minimum Gasteiger partial charge on any atom is -0.494 e. The summed E-state index contributed by atoms with van der Waals surface area (Å²) in [4.78, 5) is 2.52. The largest absolute Gasteiger partial charge is 0.494 e. The summed E-state index contributed by atoms with van der Waals surface area (Å²) in [6.07, 6.45) is 4.80. The maximum absolute atomic E-state index is 5.99. The van der Waals surface area contributed by atoms with Gasteiger partial charge in [0.05, 0.1) is 6.61 Å². The number of nitrogens with two attached hydrogens (primary N) is 1. The molecule has 1 aliphatic heterocycles. The minimum absolute atomic E-state index is 0.143. The van der Waals surface area contributed by atoms with Gasteiger partial charge in [-0.25, -0.2) is 0 Å². The van der Waals surface area contributed by atoms with Crippen LogP contribution in [0.1, 0.15) is 44.2 Å². The van der Waals surface area contributed by atoms with Gasteiger partial charge in [-0.1, -0.05) is 19.1 Å². The molecular weight excluding hydrogens is 236 g/mol. The second kappa shape index (κ2) is 7.51. The van der Waals surface area contributed by atoms with Crippen LogP contribution in [0.5, 0.6) is 5.75 Å². The Bertz CT molecular complexity index is 358. The van der Waals surface area contributed by atoms with Crippen LogP contribution in [-0.2, 0) is 0 Å². The fraction of sp³-hybridized carbons (Fsp3) is 0.625. The number of hydrogen-bond donors (Lipinski definition) is 1. The molecule has 0 amide bonds. The van der Waals surface area contributed by atoms with E-state index in [0.717, 1.165) is 25.2 Å². The third-order valence-corrected chi connectivity index (χ3v) is 3.83. The average Bonchev–Trinajstić information content (AvgIpc) is 2.96. The molecule has 1 fully saturated rings. The summed E-state index contributed by atoms with van der Waals surface area (Å²) in [6, 6.07) is 8.35. The van der Waals surface area contributed by atoms with Crippen molar-refractivity contribution in [2.24, 2.45) is 5.73 Å². The Morgan fingerprint density at radius 1 is 1.21 bits per heavy atom. The van der Waals surface area contributed by atoms with Crippen molar-refractivity contribution in [3.05, 3.63) is 29.8 Å². The van der Waals surface area contributed by atoms with Crippen LogP contribution in [0.2, 0.25) is 0 Å². The van der Waals surface area contributed by atoms with Gasteiger partial charge in [0, 0.05) is 12.6 Å². The highest BCUT2D eigenvalue weighted by Crippen LogP contribution is 2.18. The van der Waals surface area contributed by atoms with E-state index in [2.05, 4.69) is 24.0 Å². The van der Waals surface area contributed by atoms with Crippen molar-refractivity contribution in [1.29, 1.82) is 0 Å². The van der Waals surface area contributed by atoms with E-state index in [-0.39, 0.29) is 6.04 Å². The van der Waals surface area contributed by atoms with Crippen molar-refractivity contribution in [3.8, 4) is 5.75 Å². The van der Waals surface area contributed by atoms with Crippen LogP contribution in [-0.4, -0.2) is 31.1 Å². The third-order valence-electron chi connectivity index (χ3n) is 3.83. The smallest absolute Gasteiger partial charge is 0.119 e. The highest BCUT2D eigenvalue weighted by molar-refractivity contribution is 5.28. The summed E-state index contributed by atoms with van der Waals surface area (Å²) in [5, 5.41) is 0. The van der Waals surface area contributed by atoms with E-state index >= 15 is 0 Å². The molecule has 0 radical (unpaired) electrons. The molecule has 0 bridgehead atoms. The molecule has 0 spiro atoms. The summed E-state index contributed by atoms with van der Waals surface area (Å²) in [5.41, 5.74) is 7.18. The molecule has 3 nitrogen and oxygen atoms in total. The van der Waals surface area contributed by atoms with Gasteiger partial charge in [-0.05, 0) is 56.5 Å². The van der Waals surface area contributed by atoms with Crippen LogP contribution in [0, 0.1) is 0 Å². The molecule has 1 aliphatic rings. The van der Waals surface area contributed by atoms with Crippen molar-refractivity contribution in [2.75, 3.05) is 26.2 Å². The van der Waals surface area contributed by atoms with Gasteiger partial charge in [0.25, 0.3) is 0 Å². The zero-order chi connectivity index (χ0) is 13.5. The fourth-order valence-electron chi connectivity index (χ4n) is 2.53. The molecule has 1 aromatic rings. The summed E-state index contributed by atoms with van der Waals surface area (Å²) in [6.45, 7) is 6.61. The molecule has 1 saturated heterocycles. The minimum atomic E-state index is 0.143. The molecule has 0 aromatic heterocycles. The zero-order valence-corrected chi connectivity index (χ0v) is 12.0. The zero-order valence-electron chi connectivity index (χ0n) is 12.0. The van der Waals surface area contributed by atoms with E-state index in [1.54, 1.807) is 0 Å². The fourth-order valence-corrected chi connectivity index (χ4v) is 2.53. The lowest BCUT2D eigenvalue weighted by molar-refractivity contribution is 0.263. The monoisotopic (exact) mass is 262 g/mol. The van der Waals surface area contributed by atoms with E-state index < -0.39 is 0 Å². The summed E-state index contributed by atoms with van der Waals surface area (Å²) in [5.74, 6) is 0.952. The Hall–Kier alpha value is -1.06. The SMILES string of the molecule is CC[C@H](N)c1ccc(OCCCN2CCCC2)cc1. The maximum Gasteiger partial charge on any atom is 0.119 e. The van der Waals surface area contributed by atoms with Gasteiger partial charge in [-0.3, -0.25) is 0 Å². The Kier molecular flexibility index (Phi) is 5.67. The molecule has 0 aliphatic carbocycles. The Balaban J connectivity index is 1.67. The van der Waals surface area contributed by atoms with Crippen LogP contribution in [0.4, 0.5) is 0 Å². The van der Waals surface area contributed by atoms with Gasteiger partial charge in [0.15, 0.2) is 0 Å². The topological polar surface area (TPSA) is 38.5 Å². The quantitative estimate of drug-likeness (QED) is 0.768. The normalized spacial score (nSPS) is 17.6. The van der Waals surface area contributed by atoms with Crippen molar-refractivity contribution < 1.29 is 4.74 Å². The number of benzene rings is 1. The lowest BCUT2D eigenvalue weighted by Gasteiger charge is -2.15. The van der Waals surface area contributed by atoms with Gasteiger partial charge in [-0.15, -0.1) is 0 Å². The van der Waals surface area contributed by atoms with Crippen LogP contribution in [0.15, 0.2) is 24.3 Å². The molecule has 2 N–H and O–H groups in total. The van der Waals surface area contributed by atoms with Crippen molar-refractivity contribution >= 4 is 0 Å². The Labute approximate surface area is 116 Å². The van der Waals surface area contributed by atoms with E-state index in [0.29, 0.717) is 0 Å². The first kappa shape index (κ1) is 14.4. The molecule has 1 aromatic carbocycles. The van der Waals surface area contributed by atoms with E-state index in [1.165, 1.54) is 38.0 Å². The lowest BCUT2D eigenvalue weighted by atomic mass is 10.1. The van der Waals surface area contributed by atoms with E-state index in [9.17, 15) is 0 Å². The van der Waals surface area contributed by atoms with Crippen LogP contribution >= 0.6 is 0 Å². The highest BCUT2D eigenvalue weighted by atomic mass is 16.5. The molecule has 0 unspecified atom stereocenters. The molecular formula is C16H26N2O. The first-order valence-corrected chi connectivity index (χ1v) is 7.50. The number of nitrogens with zero attached hydrogens (tertiary/aromatic N) is 1. The Morgan fingerprint density at radius 2 is 1.89 bits per heavy atom. The molecule has 106 valence electrons. The molecule has 2 rings (SSSR count). The molecule has 19 heavy (non-hydrogen) atoms. The van der Waals surface area contributed by atoms with Crippen LogP contribution in [0.25, 0.3) is 0 Å². The van der Waals surface area contributed by atoms with Gasteiger partial charge >= 0.3 is 0 Å². The molecule has 3 heteroatoms.